The fraction of sp³-hybridized carbons (Fsp3) is 0.421. The van der Waals surface area contributed by atoms with Crippen molar-refractivity contribution in [2.24, 2.45) is 0 Å². The van der Waals surface area contributed by atoms with Crippen molar-refractivity contribution in [2.45, 2.75) is 82.0 Å². The number of hydrogen-bond acceptors (Lipinski definition) is 6. The molecule has 0 saturated heterocycles. The van der Waals surface area contributed by atoms with E-state index in [1.165, 1.54) is 20.9 Å². The van der Waals surface area contributed by atoms with Crippen molar-refractivity contribution in [3.63, 3.8) is 0 Å². The number of alkyl carbamates (subject to hydrolysis) is 1. The molecule has 0 spiro atoms. The van der Waals surface area contributed by atoms with Gasteiger partial charge in [0.1, 0.15) is 18.7 Å². The van der Waals surface area contributed by atoms with Crippen molar-refractivity contribution >= 4 is 58.2 Å². The van der Waals surface area contributed by atoms with E-state index in [0.717, 1.165) is 35.1 Å². The van der Waals surface area contributed by atoms with Gasteiger partial charge in [-0.05, 0) is 94.6 Å². The molecule has 49 heavy (non-hydrogen) atoms. The molecule has 0 fully saturated rings. The van der Waals surface area contributed by atoms with Crippen molar-refractivity contribution in [1.82, 2.24) is 16.0 Å². The summed E-state index contributed by atoms with van der Waals surface area (Å²) in [5.74, 6) is -1.67. The number of halogens is 1. The molecule has 1 aliphatic rings. The molecule has 0 saturated carbocycles. The number of rotatable bonds is 17. The van der Waals surface area contributed by atoms with E-state index in [1.807, 2.05) is 57.2 Å². The molecular weight excluding hydrogens is 753 g/mol. The third-order valence-corrected chi connectivity index (χ3v) is 10.4. The van der Waals surface area contributed by atoms with Crippen LogP contribution in [-0.4, -0.2) is 64.7 Å². The highest BCUT2D eigenvalue weighted by molar-refractivity contribution is 14.1. The van der Waals surface area contributed by atoms with E-state index in [4.69, 9.17) is 4.74 Å². The molecule has 3 aromatic rings. The largest absolute Gasteiger partial charge is 0.480 e. The average molecular weight is 800 g/mol. The van der Waals surface area contributed by atoms with E-state index in [2.05, 4.69) is 74.9 Å². The lowest BCUT2D eigenvalue weighted by Gasteiger charge is -2.25. The lowest BCUT2D eigenvalue weighted by Crippen LogP contribution is -2.53. The maximum absolute atomic E-state index is 13.4. The second-order valence-corrected chi connectivity index (χ2v) is 16.3. The summed E-state index contributed by atoms with van der Waals surface area (Å²) in [7, 11) is 0. The first-order chi connectivity index (χ1) is 23.4. The van der Waals surface area contributed by atoms with E-state index in [1.54, 1.807) is 0 Å². The Kier molecular flexibility index (Phi) is 14.4. The van der Waals surface area contributed by atoms with Crippen LogP contribution in [0.25, 0.3) is 11.1 Å². The monoisotopic (exact) mass is 799 g/mol. The number of carbonyl (C=O) groups is 4. The standard InChI is InChI=1S/C38H46IN3O6S/c1-38(2,3)49-24-33(42-37(47)48-23-31-29-14-6-4-12-27(29)28-13-5-7-15-30(28)31)35(44)41-32(36(45)46)16-8-9-22-40-34(43)17-10-11-25-18-20-26(39)21-19-25/h4-7,12-15,18-21,31-33H,8-11,16-17,22-24H2,1-3H3,(H,40,43)(H,41,44)(H,42,47)(H,45,46)/t32-,33?/m1/s1. The van der Waals surface area contributed by atoms with Crippen LogP contribution in [0.4, 0.5) is 4.79 Å². The van der Waals surface area contributed by atoms with Gasteiger partial charge in [-0.15, -0.1) is 0 Å². The fourth-order valence-corrected chi connectivity index (χ4v) is 6.98. The number of amides is 3. The van der Waals surface area contributed by atoms with Crippen LogP contribution in [-0.2, 0) is 25.5 Å². The van der Waals surface area contributed by atoms with Gasteiger partial charge in [0.05, 0.1) is 0 Å². The van der Waals surface area contributed by atoms with Crippen molar-refractivity contribution in [3.05, 3.63) is 93.1 Å². The van der Waals surface area contributed by atoms with Gasteiger partial charge in [0.25, 0.3) is 0 Å². The smallest absolute Gasteiger partial charge is 0.407 e. The fourth-order valence-electron chi connectivity index (χ4n) is 5.72. The van der Waals surface area contributed by atoms with Crippen LogP contribution in [0.5, 0.6) is 0 Å². The summed E-state index contributed by atoms with van der Waals surface area (Å²) in [6.45, 7) is 6.53. The van der Waals surface area contributed by atoms with Gasteiger partial charge in [-0.1, -0.05) is 81.4 Å². The number of aliphatic carboxylic acids is 1. The zero-order valence-corrected chi connectivity index (χ0v) is 31.3. The van der Waals surface area contributed by atoms with Crippen molar-refractivity contribution < 1.29 is 29.0 Å². The molecule has 0 radical (unpaired) electrons. The number of carbonyl (C=O) groups excluding carboxylic acids is 3. The Morgan fingerprint density at radius 1 is 0.857 bits per heavy atom. The Morgan fingerprint density at radius 3 is 2.10 bits per heavy atom. The van der Waals surface area contributed by atoms with Crippen LogP contribution < -0.4 is 16.0 Å². The quantitative estimate of drug-likeness (QED) is 0.0862. The van der Waals surface area contributed by atoms with Crippen molar-refractivity contribution in [2.75, 3.05) is 18.9 Å². The number of benzene rings is 3. The van der Waals surface area contributed by atoms with Crippen LogP contribution in [0, 0.1) is 3.57 Å². The van der Waals surface area contributed by atoms with Crippen LogP contribution in [0.15, 0.2) is 72.8 Å². The van der Waals surface area contributed by atoms with Gasteiger partial charge in [-0.25, -0.2) is 9.59 Å². The zero-order valence-electron chi connectivity index (χ0n) is 28.3. The second-order valence-electron chi connectivity index (χ2n) is 13.2. The molecule has 4 N–H and O–H groups in total. The number of hydrogen-bond donors (Lipinski definition) is 4. The molecule has 11 heteroatoms. The van der Waals surface area contributed by atoms with Crippen LogP contribution in [0.3, 0.4) is 0 Å². The molecular formula is C38H46IN3O6S. The van der Waals surface area contributed by atoms with Gasteiger partial charge in [-0.3, -0.25) is 9.59 Å². The zero-order chi connectivity index (χ0) is 35.4. The molecule has 0 aliphatic heterocycles. The molecule has 2 atom stereocenters. The lowest BCUT2D eigenvalue weighted by molar-refractivity contribution is -0.142. The predicted octanol–water partition coefficient (Wildman–Crippen LogP) is 6.91. The number of nitrogens with one attached hydrogen (secondary N) is 3. The molecule has 1 aliphatic carbocycles. The Morgan fingerprint density at radius 2 is 1.49 bits per heavy atom. The number of thioether (sulfide) groups is 1. The summed E-state index contributed by atoms with van der Waals surface area (Å²) in [5, 5.41) is 18.1. The summed E-state index contributed by atoms with van der Waals surface area (Å²) >= 11 is 3.75. The van der Waals surface area contributed by atoms with Gasteiger partial charge in [-0.2, -0.15) is 11.8 Å². The molecule has 4 rings (SSSR count). The number of aryl methyl sites for hydroxylation is 1. The molecule has 3 amide bonds. The van der Waals surface area contributed by atoms with Crippen LogP contribution >= 0.6 is 34.4 Å². The maximum Gasteiger partial charge on any atom is 0.407 e. The summed E-state index contributed by atoms with van der Waals surface area (Å²) in [5.41, 5.74) is 5.58. The van der Waals surface area contributed by atoms with E-state index >= 15 is 0 Å². The minimum Gasteiger partial charge on any atom is -0.480 e. The predicted molar refractivity (Wildman–Crippen MR) is 203 cm³/mol. The van der Waals surface area contributed by atoms with E-state index in [9.17, 15) is 24.3 Å². The third kappa shape index (κ3) is 12.1. The lowest BCUT2D eigenvalue weighted by atomic mass is 9.98. The van der Waals surface area contributed by atoms with Gasteiger partial charge in [0.2, 0.25) is 11.8 Å². The Bertz CT molecular complexity index is 1550. The number of carboxylic acid groups (broad SMARTS) is 1. The second kappa shape index (κ2) is 18.4. The molecule has 3 aromatic carbocycles. The van der Waals surface area contributed by atoms with E-state index in [0.29, 0.717) is 25.8 Å². The number of fused-ring (bicyclic) bond motifs is 3. The SMILES string of the molecule is CC(C)(C)SCC(NC(=O)OCC1c2ccccc2-c2ccccc21)C(=O)N[C@H](CCCCNC(=O)CCCc1ccc(I)cc1)C(=O)O. The molecule has 0 heterocycles. The first-order valence-corrected chi connectivity index (χ1v) is 18.8. The number of carboxylic acids is 1. The summed E-state index contributed by atoms with van der Waals surface area (Å²) < 4.78 is 6.65. The summed E-state index contributed by atoms with van der Waals surface area (Å²) in [4.78, 5) is 50.8. The maximum atomic E-state index is 13.4. The highest BCUT2D eigenvalue weighted by Gasteiger charge is 2.31. The van der Waals surface area contributed by atoms with Crippen molar-refractivity contribution in [3.8, 4) is 11.1 Å². The van der Waals surface area contributed by atoms with Gasteiger partial charge < -0.3 is 25.8 Å². The van der Waals surface area contributed by atoms with E-state index < -0.39 is 30.1 Å². The summed E-state index contributed by atoms with van der Waals surface area (Å²) in [6.07, 6.45) is 2.51. The highest BCUT2D eigenvalue weighted by Crippen LogP contribution is 2.44. The Balaban J connectivity index is 1.24. The topological polar surface area (TPSA) is 134 Å². The number of ether oxygens (including phenoxy) is 1. The van der Waals surface area contributed by atoms with Crippen molar-refractivity contribution in [1.29, 1.82) is 0 Å². The first kappa shape index (κ1) is 38.2. The third-order valence-electron chi connectivity index (χ3n) is 8.27. The minimum absolute atomic E-state index is 0.0351. The van der Waals surface area contributed by atoms with Gasteiger partial charge in [0, 0.05) is 33.0 Å². The number of unbranched alkanes of at least 4 members (excludes halogenated alkanes) is 1. The van der Waals surface area contributed by atoms with Crippen LogP contribution in [0.1, 0.15) is 75.5 Å². The van der Waals surface area contributed by atoms with Gasteiger partial charge >= 0.3 is 12.1 Å². The molecule has 9 nitrogen and oxygen atoms in total. The Labute approximate surface area is 306 Å². The Hall–Kier alpha value is -3.58. The molecule has 0 bridgehead atoms. The summed E-state index contributed by atoms with van der Waals surface area (Å²) in [6, 6.07) is 22.2. The molecule has 0 aromatic heterocycles. The normalized spacial score (nSPS) is 13.5. The van der Waals surface area contributed by atoms with E-state index in [-0.39, 0.29) is 35.4 Å². The minimum atomic E-state index is -1.16. The van der Waals surface area contributed by atoms with Gasteiger partial charge in [0.15, 0.2) is 0 Å². The average Bonchev–Trinajstić information content (AvgIpc) is 3.38. The molecule has 1 unspecified atom stereocenters. The first-order valence-electron chi connectivity index (χ1n) is 16.7. The molecule has 262 valence electrons. The van der Waals surface area contributed by atoms with Crippen LogP contribution in [0.2, 0.25) is 0 Å². The highest BCUT2D eigenvalue weighted by atomic mass is 127.